The van der Waals surface area contributed by atoms with Gasteiger partial charge in [0, 0.05) is 29.6 Å². The Labute approximate surface area is 160 Å². The van der Waals surface area contributed by atoms with E-state index in [0.717, 1.165) is 13.1 Å². The van der Waals surface area contributed by atoms with Crippen LogP contribution in [0.5, 0.6) is 0 Å². The third kappa shape index (κ3) is 1.56. The van der Waals surface area contributed by atoms with E-state index in [1.807, 2.05) is 0 Å². The van der Waals surface area contributed by atoms with Gasteiger partial charge in [0.05, 0.1) is 25.2 Å². The van der Waals surface area contributed by atoms with E-state index in [4.69, 9.17) is 4.74 Å². The minimum atomic E-state index is 0.0963. The number of ether oxygens (including phenoxy) is 1. The predicted octanol–water partition coefficient (Wildman–Crippen LogP) is 2.71. The van der Waals surface area contributed by atoms with Crippen LogP contribution >= 0.6 is 0 Å². The summed E-state index contributed by atoms with van der Waals surface area (Å²) in [5, 5.41) is 0. The summed E-state index contributed by atoms with van der Waals surface area (Å²) in [5.74, 6) is 1.34. The molecule has 1 aliphatic carbocycles. The SMILES string of the molecule is Cc1cc2c(cc1C)[C@@]13CCN4CC5=CCOC6CC(=O)N2C1[C@H]6[C@H]5C[C@@H]43. The number of fused-ring (bicyclic) bond motifs is 2. The molecule has 1 aromatic carbocycles. The molecule has 4 heteroatoms. The average Bonchev–Trinajstić information content (AvgIpc) is 3.10. The normalized spacial score (nSPS) is 43.5. The zero-order valence-corrected chi connectivity index (χ0v) is 16.1. The van der Waals surface area contributed by atoms with Gasteiger partial charge < -0.3 is 9.64 Å². The van der Waals surface area contributed by atoms with E-state index in [1.165, 1.54) is 35.2 Å². The number of hydrogen-bond donors (Lipinski definition) is 0. The van der Waals surface area contributed by atoms with Gasteiger partial charge in [-0.25, -0.2) is 0 Å². The Morgan fingerprint density at radius 2 is 2.07 bits per heavy atom. The van der Waals surface area contributed by atoms with Crippen molar-refractivity contribution < 1.29 is 9.53 Å². The van der Waals surface area contributed by atoms with Crippen molar-refractivity contribution in [2.45, 2.75) is 56.7 Å². The van der Waals surface area contributed by atoms with Gasteiger partial charge in [0.1, 0.15) is 0 Å². The fourth-order valence-electron chi connectivity index (χ4n) is 7.80. The summed E-state index contributed by atoms with van der Waals surface area (Å²) in [4.78, 5) is 18.3. The van der Waals surface area contributed by atoms with Crippen molar-refractivity contribution in [2.24, 2.45) is 11.8 Å². The maximum atomic E-state index is 13.4. The molecule has 1 saturated carbocycles. The van der Waals surface area contributed by atoms with Crippen LogP contribution in [0, 0.1) is 25.7 Å². The lowest BCUT2D eigenvalue weighted by atomic mass is 9.53. The fourth-order valence-corrected chi connectivity index (χ4v) is 7.80. The summed E-state index contributed by atoms with van der Waals surface area (Å²) >= 11 is 0. The maximum Gasteiger partial charge on any atom is 0.229 e. The smallest absolute Gasteiger partial charge is 0.229 e. The predicted molar refractivity (Wildman–Crippen MR) is 103 cm³/mol. The van der Waals surface area contributed by atoms with Crippen LogP contribution in [0.4, 0.5) is 5.69 Å². The molecule has 27 heavy (non-hydrogen) atoms. The summed E-state index contributed by atoms with van der Waals surface area (Å²) in [5.41, 5.74) is 7.05. The lowest BCUT2D eigenvalue weighted by Gasteiger charge is -2.58. The van der Waals surface area contributed by atoms with Crippen molar-refractivity contribution in [1.29, 1.82) is 0 Å². The van der Waals surface area contributed by atoms with Gasteiger partial charge >= 0.3 is 0 Å². The van der Waals surface area contributed by atoms with Gasteiger partial charge in [0.25, 0.3) is 0 Å². The van der Waals surface area contributed by atoms with Crippen LogP contribution in [0.25, 0.3) is 0 Å². The lowest BCUT2D eigenvalue weighted by molar-refractivity contribution is -0.132. The number of amides is 1. The first-order valence-corrected chi connectivity index (χ1v) is 10.6. The topological polar surface area (TPSA) is 32.8 Å². The Bertz CT molecular complexity index is 937. The molecule has 2 unspecified atom stereocenters. The summed E-state index contributed by atoms with van der Waals surface area (Å²) in [6.07, 6.45) is 5.43. The number of aryl methyl sites for hydroxylation is 2. The Hall–Kier alpha value is -1.65. The molecule has 1 spiro atoms. The molecular formula is C23H26N2O2. The summed E-state index contributed by atoms with van der Waals surface area (Å²) < 4.78 is 6.30. The molecular weight excluding hydrogens is 336 g/mol. The number of anilines is 1. The Balaban J connectivity index is 1.55. The van der Waals surface area contributed by atoms with Crippen molar-refractivity contribution in [3.63, 3.8) is 0 Å². The minimum absolute atomic E-state index is 0.0963. The van der Waals surface area contributed by atoms with Gasteiger partial charge in [-0.05, 0) is 61.9 Å². The molecule has 4 nitrogen and oxygen atoms in total. The van der Waals surface area contributed by atoms with Crippen molar-refractivity contribution in [2.75, 3.05) is 24.6 Å². The Morgan fingerprint density at radius 1 is 1.22 bits per heavy atom. The number of piperidine rings is 2. The number of carbonyl (C=O) groups is 1. The van der Waals surface area contributed by atoms with Crippen molar-refractivity contribution in [3.05, 3.63) is 40.5 Å². The standard InChI is InChI=1S/C23H26N2O2/c1-12-7-16-17(8-13(12)2)25-20(26)10-18-21-15-9-19-23(16,22(21)25)4-5-24(19)11-14(15)3-6-27-18/h3,7-8,15,18-19,21-22H,4-6,9-11H2,1-2H3/t15-,18?,19+,21-,22?,23+/m0/s1. The molecule has 4 fully saturated rings. The van der Waals surface area contributed by atoms with Gasteiger partial charge in [-0.2, -0.15) is 0 Å². The van der Waals surface area contributed by atoms with Crippen molar-refractivity contribution >= 4 is 11.6 Å². The van der Waals surface area contributed by atoms with Crippen molar-refractivity contribution in [3.8, 4) is 0 Å². The van der Waals surface area contributed by atoms with E-state index in [9.17, 15) is 4.79 Å². The second-order valence-corrected chi connectivity index (χ2v) is 9.71. The van der Waals surface area contributed by atoms with Crippen LogP contribution in [0.2, 0.25) is 0 Å². The zero-order valence-electron chi connectivity index (χ0n) is 16.1. The first-order valence-electron chi connectivity index (χ1n) is 10.6. The van der Waals surface area contributed by atoms with Crippen LogP contribution in [0.15, 0.2) is 23.8 Å². The van der Waals surface area contributed by atoms with Gasteiger partial charge in [-0.3, -0.25) is 9.69 Å². The van der Waals surface area contributed by atoms with Gasteiger partial charge in [-0.1, -0.05) is 17.7 Å². The number of carbonyl (C=O) groups excluding carboxylic acids is 1. The van der Waals surface area contributed by atoms with Crippen LogP contribution < -0.4 is 4.90 Å². The average molecular weight is 362 g/mol. The van der Waals surface area contributed by atoms with E-state index in [-0.39, 0.29) is 23.5 Å². The van der Waals surface area contributed by atoms with Crippen LogP contribution in [0.3, 0.4) is 0 Å². The highest BCUT2D eigenvalue weighted by atomic mass is 16.5. The molecule has 3 saturated heterocycles. The number of rotatable bonds is 0. The largest absolute Gasteiger partial charge is 0.373 e. The van der Waals surface area contributed by atoms with E-state index < -0.39 is 0 Å². The molecule has 5 heterocycles. The van der Waals surface area contributed by atoms with Gasteiger partial charge in [0.15, 0.2) is 0 Å². The van der Waals surface area contributed by atoms with E-state index in [2.05, 4.69) is 41.9 Å². The molecule has 0 aromatic heterocycles. The molecule has 1 amide bonds. The molecule has 140 valence electrons. The highest BCUT2D eigenvalue weighted by molar-refractivity contribution is 5.99. The quantitative estimate of drug-likeness (QED) is 0.666. The summed E-state index contributed by atoms with van der Waals surface area (Å²) in [7, 11) is 0. The molecule has 6 aliphatic rings. The summed E-state index contributed by atoms with van der Waals surface area (Å²) in [6, 6.07) is 5.60. The Kier molecular flexibility index (Phi) is 2.64. The minimum Gasteiger partial charge on any atom is -0.373 e. The van der Waals surface area contributed by atoms with E-state index in [1.54, 1.807) is 5.57 Å². The number of benzene rings is 1. The maximum absolute atomic E-state index is 13.4. The second-order valence-electron chi connectivity index (χ2n) is 9.71. The van der Waals surface area contributed by atoms with Crippen LogP contribution in [-0.4, -0.2) is 48.7 Å². The highest BCUT2D eigenvalue weighted by Gasteiger charge is 2.71. The molecule has 0 radical (unpaired) electrons. The first-order chi connectivity index (χ1) is 13.1. The van der Waals surface area contributed by atoms with Crippen LogP contribution in [0.1, 0.15) is 36.0 Å². The monoisotopic (exact) mass is 362 g/mol. The zero-order chi connectivity index (χ0) is 18.1. The van der Waals surface area contributed by atoms with E-state index in [0.29, 0.717) is 30.9 Å². The van der Waals surface area contributed by atoms with E-state index >= 15 is 0 Å². The van der Waals surface area contributed by atoms with Gasteiger partial charge in [-0.15, -0.1) is 0 Å². The third-order valence-electron chi connectivity index (χ3n) is 8.93. The summed E-state index contributed by atoms with van der Waals surface area (Å²) in [6.45, 7) is 7.37. The molecule has 0 N–H and O–H groups in total. The molecule has 7 rings (SSSR count). The Morgan fingerprint density at radius 3 is 2.96 bits per heavy atom. The van der Waals surface area contributed by atoms with Crippen LogP contribution in [-0.2, 0) is 14.9 Å². The molecule has 1 aromatic rings. The third-order valence-corrected chi connectivity index (χ3v) is 8.93. The number of nitrogens with zero attached hydrogens (tertiary/aromatic N) is 2. The van der Waals surface area contributed by atoms with Crippen molar-refractivity contribution in [1.82, 2.24) is 4.90 Å². The molecule has 2 bridgehead atoms. The molecule has 5 aliphatic heterocycles. The number of hydrogen-bond acceptors (Lipinski definition) is 3. The first kappa shape index (κ1) is 15.3. The second kappa shape index (κ2) is 4.66. The lowest BCUT2D eigenvalue weighted by Crippen LogP contribution is -2.69. The molecule has 6 atom stereocenters. The fraction of sp³-hybridized carbons (Fsp3) is 0.609. The van der Waals surface area contributed by atoms with Gasteiger partial charge in [0.2, 0.25) is 5.91 Å². The highest BCUT2D eigenvalue weighted by Crippen LogP contribution is 2.65.